The summed E-state index contributed by atoms with van der Waals surface area (Å²) < 4.78 is 0.742. The van der Waals surface area contributed by atoms with E-state index in [4.69, 9.17) is 34.8 Å². The zero-order chi connectivity index (χ0) is 14.7. The highest BCUT2D eigenvalue weighted by Gasteiger charge is 2.14. The maximum atomic E-state index is 10.7. The van der Waals surface area contributed by atoms with Gasteiger partial charge in [-0.1, -0.05) is 34.8 Å². The Kier molecular flexibility index (Phi) is 5.10. The molecule has 106 valence electrons. The first-order chi connectivity index (χ1) is 9.47. The fourth-order valence-electron chi connectivity index (χ4n) is 1.63. The Morgan fingerprint density at radius 1 is 1.20 bits per heavy atom. The molecule has 0 spiro atoms. The minimum Gasteiger partial charge on any atom is -0.382 e. The van der Waals surface area contributed by atoms with Gasteiger partial charge in [0.25, 0.3) is 5.69 Å². The molecule has 1 heterocycles. The monoisotopic (exact) mass is 350 g/mol. The van der Waals surface area contributed by atoms with Crippen LogP contribution in [0.2, 0.25) is 14.4 Å². The molecule has 0 unspecified atom stereocenters. The molecule has 0 saturated heterocycles. The molecule has 1 N–H and O–H groups in total. The molecule has 0 aliphatic heterocycles. The second-order valence-electron chi connectivity index (χ2n) is 3.92. The lowest BCUT2D eigenvalue weighted by molar-refractivity contribution is -0.384. The van der Waals surface area contributed by atoms with Crippen LogP contribution in [-0.2, 0) is 6.42 Å². The third kappa shape index (κ3) is 3.76. The molecule has 0 aliphatic carbocycles. The maximum absolute atomic E-state index is 10.7. The molecular weight excluding hydrogens is 343 g/mol. The third-order valence-corrected chi connectivity index (χ3v) is 4.43. The van der Waals surface area contributed by atoms with Gasteiger partial charge in [-0.3, -0.25) is 10.1 Å². The fraction of sp³-hybridized carbons (Fsp3) is 0.167. The van der Waals surface area contributed by atoms with E-state index in [9.17, 15) is 10.1 Å². The first kappa shape index (κ1) is 15.4. The number of nitrogens with zero attached hydrogens (tertiary/aromatic N) is 1. The SMILES string of the molecule is O=[N+]([O-])c1cc(Cl)c(NCCc2ccc(Cl)s2)c(Cl)c1. The van der Waals surface area contributed by atoms with Crippen molar-refractivity contribution in [3.05, 3.63) is 53.6 Å². The van der Waals surface area contributed by atoms with Crippen LogP contribution in [-0.4, -0.2) is 11.5 Å². The molecule has 0 aliphatic rings. The van der Waals surface area contributed by atoms with Crippen LogP contribution in [0.3, 0.4) is 0 Å². The molecule has 1 aromatic carbocycles. The standard InChI is InChI=1S/C12H9Cl3N2O2S/c13-9-5-7(17(18)19)6-10(14)12(9)16-4-3-8-1-2-11(15)20-8/h1-2,5-6,16H,3-4H2. The highest BCUT2D eigenvalue weighted by Crippen LogP contribution is 2.34. The molecule has 20 heavy (non-hydrogen) atoms. The molecule has 0 atom stereocenters. The predicted molar refractivity (Wildman–Crippen MR) is 84.6 cm³/mol. The van der Waals surface area contributed by atoms with Crippen molar-refractivity contribution in [1.82, 2.24) is 0 Å². The van der Waals surface area contributed by atoms with Crippen molar-refractivity contribution in [2.75, 3.05) is 11.9 Å². The summed E-state index contributed by atoms with van der Waals surface area (Å²) in [5, 5.41) is 14.2. The van der Waals surface area contributed by atoms with Crippen LogP contribution in [0, 0.1) is 10.1 Å². The summed E-state index contributed by atoms with van der Waals surface area (Å²) in [6.45, 7) is 0.605. The normalized spacial score (nSPS) is 10.6. The molecule has 0 bridgehead atoms. The lowest BCUT2D eigenvalue weighted by Gasteiger charge is -2.09. The van der Waals surface area contributed by atoms with Crippen molar-refractivity contribution in [2.45, 2.75) is 6.42 Å². The largest absolute Gasteiger partial charge is 0.382 e. The summed E-state index contributed by atoms with van der Waals surface area (Å²) in [7, 11) is 0. The van der Waals surface area contributed by atoms with E-state index in [1.54, 1.807) is 0 Å². The van der Waals surface area contributed by atoms with Crippen LogP contribution in [0.1, 0.15) is 4.88 Å². The van der Waals surface area contributed by atoms with Crippen LogP contribution in [0.15, 0.2) is 24.3 Å². The van der Waals surface area contributed by atoms with Crippen LogP contribution >= 0.6 is 46.1 Å². The average molecular weight is 352 g/mol. The van der Waals surface area contributed by atoms with Crippen LogP contribution in [0.4, 0.5) is 11.4 Å². The summed E-state index contributed by atoms with van der Waals surface area (Å²) in [5.74, 6) is 0. The quantitative estimate of drug-likeness (QED) is 0.589. The number of hydrogen-bond acceptors (Lipinski definition) is 4. The van der Waals surface area contributed by atoms with E-state index >= 15 is 0 Å². The number of non-ortho nitro benzene ring substituents is 1. The van der Waals surface area contributed by atoms with E-state index < -0.39 is 4.92 Å². The maximum Gasteiger partial charge on any atom is 0.272 e. The second-order valence-corrected chi connectivity index (χ2v) is 6.54. The average Bonchev–Trinajstić information content (AvgIpc) is 2.78. The summed E-state index contributed by atoms with van der Waals surface area (Å²) in [6.07, 6.45) is 0.765. The van der Waals surface area contributed by atoms with Gasteiger partial charge < -0.3 is 5.32 Å². The van der Waals surface area contributed by atoms with Crippen molar-refractivity contribution >= 4 is 57.5 Å². The van der Waals surface area contributed by atoms with E-state index in [2.05, 4.69) is 5.32 Å². The number of nitro benzene ring substituents is 1. The topological polar surface area (TPSA) is 55.2 Å². The van der Waals surface area contributed by atoms with Gasteiger partial charge in [0, 0.05) is 23.6 Å². The molecule has 0 radical (unpaired) electrons. The predicted octanol–water partition coefficient (Wildman–Crippen LogP) is 5.27. The van der Waals surface area contributed by atoms with Crippen molar-refractivity contribution in [3.8, 4) is 0 Å². The molecule has 2 aromatic rings. The van der Waals surface area contributed by atoms with Gasteiger partial charge >= 0.3 is 0 Å². The molecule has 0 amide bonds. The van der Waals surface area contributed by atoms with Crippen LogP contribution in [0.25, 0.3) is 0 Å². The third-order valence-electron chi connectivity index (χ3n) is 2.54. The Morgan fingerprint density at radius 2 is 1.85 bits per heavy atom. The van der Waals surface area contributed by atoms with E-state index in [-0.39, 0.29) is 15.7 Å². The lowest BCUT2D eigenvalue weighted by Crippen LogP contribution is -2.05. The lowest BCUT2D eigenvalue weighted by atomic mass is 10.2. The van der Waals surface area contributed by atoms with Gasteiger partial charge in [-0.05, 0) is 18.6 Å². The number of anilines is 1. The minimum atomic E-state index is -0.533. The Hall–Kier alpha value is -1.01. The number of thiophene rings is 1. The summed E-state index contributed by atoms with van der Waals surface area (Å²) in [4.78, 5) is 11.3. The molecule has 0 fully saturated rings. The number of benzene rings is 1. The highest BCUT2D eigenvalue weighted by atomic mass is 35.5. The molecule has 8 heteroatoms. The van der Waals surface area contributed by atoms with Gasteiger partial charge in [-0.2, -0.15) is 0 Å². The van der Waals surface area contributed by atoms with Crippen LogP contribution in [0.5, 0.6) is 0 Å². The number of halogens is 3. The first-order valence-corrected chi connectivity index (χ1v) is 7.54. The van der Waals surface area contributed by atoms with E-state index in [1.807, 2.05) is 12.1 Å². The first-order valence-electron chi connectivity index (χ1n) is 5.59. The van der Waals surface area contributed by atoms with E-state index in [0.717, 1.165) is 15.6 Å². The number of hydrogen-bond donors (Lipinski definition) is 1. The molecule has 4 nitrogen and oxygen atoms in total. The molecule has 1 aromatic heterocycles. The van der Waals surface area contributed by atoms with Gasteiger partial charge in [0.15, 0.2) is 0 Å². The Balaban J connectivity index is 2.04. The van der Waals surface area contributed by atoms with Crippen molar-refractivity contribution in [2.24, 2.45) is 0 Å². The summed E-state index contributed by atoms with van der Waals surface area (Å²) in [6, 6.07) is 6.34. The minimum absolute atomic E-state index is 0.129. The fourth-order valence-corrected chi connectivity index (χ4v) is 3.33. The van der Waals surface area contributed by atoms with Gasteiger partial charge in [0.05, 0.1) is 25.0 Å². The van der Waals surface area contributed by atoms with Gasteiger partial charge in [0.2, 0.25) is 0 Å². The molecule has 2 rings (SSSR count). The summed E-state index contributed by atoms with van der Waals surface area (Å²) >= 11 is 19.3. The number of nitrogens with one attached hydrogen (secondary N) is 1. The van der Waals surface area contributed by atoms with Crippen molar-refractivity contribution in [3.63, 3.8) is 0 Å². The van der Waals surface area contributed by atoms with Gasteiger partial charge in [0.1, 0.15) is 0 Å². The van der Waals surface area contributed by atoms with E-state index in [1.165, 1.54) is 23.5 Å². The number of nitro groups is 1. The second kappa shape index (κ2) is 6.63. The van der Waals surface area contributed by atoms with Gasteiger partial charge in [-0.25, -0.2) is 0 Å². The van der Waals surface area contributed by atoms with Gasteiger partial charge in [-0.15, -0.1) is 11.3 Å². The smallest absolute Gasteiger partial charge is 0.272 e. The Labute approximate surface area is 134 Å². The Bertz CT molecular complexity index is 622. The highest BCUT2D eigenvalue weighted by molar-refractivity contribution is 7.16. The Morgan fingerprint density at radius 3 is 2.35 bits per heavy atom. The summed E-state index contributed by atoms with van der Waals surface area (Å²) in [5.41, 5.74) is 0.372. The number of rotatable bonds is 5. The van der Waals surface area contributed by atoms with Crippen molar-refractivity contribution < 1.29 is 4.92 Å². The van der Waals surface area contributed by atoms with Crippen molar-refractivity contribution in [1.29, 1.82) is 0 Å². The molecular formula is C12H9Cl3N2O2S. The van der Waals surface area contributed by atoms with E-state index in [0.29, 0.717) is 12.2 Å². The zero-order valence-corrected chi connectivity index (χ0v) is 13.1. The zero-order valence-electron chi connectivity index (χ0n) is 10.0. The molecule has 0 saturated carbocycles. The van der Waals surface area contributed by atoms with Crippen LogP contribution < -0.4 is 5.32 Å².